The van der Waals surface area contributed by atoms with E-state index in [2.05, 4.69) is 36.1 Å². The van der Waals surface area contributed by atoms with Crippen molar-refractivity contribution in [3.63, 3.8) is 0 Å². The van der Waals surface area contributed by atoms with Gasteiger partial charge in [-0.15, -0.1) is 0 Å². The molecular formula is C21H20ClN3O. The minimum atomic E-state index is -0.299. The van der Waals surface area contributed by atoms with Gasteiger partial charge in [0.25, 0.3) is 5.91 Å². The van der Waals surface area contributed by atoms with E-state index < -0.39 is 0 Å². The molecule has 0 radical (unpaired) electrons. The van der Waals surface area contributed by atoms with E-state index in [0.717, 1.165) is 11.3 Å². The first-order valence-corrected chi connectivity index (χ1v) is 8.71. The van der Waals surface area contributed by atoms with Crippen molar-refractivity contribution >= 4 is 23.2 Å². The third-order valence-corrected chi connectivity index (χ3v) is 4.37. The van der Waals surface area contributed by atoms with Gasteiger partial charge in [-0.05, 0) is 29.2 Å². The van der Waals surface area contributed by atoms with E-state index >= 15 is 0 Å². The number of hydrogen-bond donors (Lipinski definition) is 1. The van der Waals surface area contributed by atoms with Gasteiger partial charge in [-0.3, -0.25) is 9.78 Å². The molecule has 3 aromatic rings. The smallest absolute Gasteiger partial charge is 0.275 e. The van der Waals surface area contributed by atoms with Crippen LogP contribution in [0.15, 0.2) is 60.9 Å². The lowest BCUT2D eigenvalue weighted by molar-refractivity contribution is 0.102. The van der Waals surface area contributed by atoms with Crippen LogP contribution in [0.3, 0.4) is 0 Å². The molecule has 4 nitrogen and oxygen atoms in total. The zero-order valence-corrected chi connectivity index (χ0v) is 15.7. The second-order valence-electron chi connectivity index (χ2n) is 7.05. The normalized spacial score (nSPS) is 11.2. The molecule has 2 aromatic carbocycles. The number of anilines is 1. The van der Waals surface area contributed by atoms with Gasteiger partial charge in [0.1, 0.15) is 5.69 Å². The zero-order valence-electron chi connectivity index (χ0n) is 15.0. The van der Waals surface area contributed by atoms with E-state index in [-0.39, 0.29) is 17.0 Å². The highest BCUT2D eigenvalue weighted by Crippen LogP contribution is 2.25. The monoisotopic (exact) mass is 365 g/mol. The maximum absolute atomic E-state index is 12.4. The van der Waals surface area contributed by atoms with Gasteiger partial charge < -0.3 is 5.32 Å². The summed E-state index contributed by atoms with van der Waals surface area (Å²) < 4.78 is 0. The number of hydrogen-bond acceptors (Lipinski definition) is 3. The first kappa shape index (κ1) is 18.1. The summed E-state index contributed by atoms with van der Waals surface area (Å²) in [5, 5.41) is 3.44. The molecule has 0 aliphatic carbocycles. The van der Waals surface area contributed by atoms with Gasteiger partial charge in [-0.1, -0.05) is 62.7 Å². The van der Waals surface area contributed by atoms with E-state index in [0.29, 0.717) is 10.7 Å². The Morgan fingerprint density at radius 2 is 1.65 bits per heavy atom. The average Bonchev–Trinajstić information content (AvgIpc) is 2.62. The molecule has 1 N–H and O–H groups in total. The molecule has 0 saturated carbocycles. The fourth-order valence-corrected chi connectivity index (χ4v) is 2.73. The number of rotatable bonds is 3. The molecule has 5 heteroatoms. The topological polar surface area (TPSA) is 54.9 Å². The standard InChI is InChI=1S/C21H20ClN3O/c1-21(2,3)14-8-10-15(11-9-14)25-20(26)19-13-23-18(12-24-19)16-6-4-5-7-17(16)22/h4-13H,1-3H3,(H,25,26). The Morgan fingerprint density at radius 1 is 0.962 bits per heavy atom. The number of nitrogens with zero attached hydrogens (tertiary/aromatic N) is 2. The molecule has 1 amide bonds. The predicted molar refractivity (Wildman–Crippen MR) is 106 cm³/mol. The van der Waals surface area contributed by atoms with Gasteiger partial charge in [-0.2, -0.15) is 0 Å². The van der Waals surface area contributed by atoms with Crippen molar-refractivity contribution < 1.29 is 4.79 Å². The maximum Gasteiger partial charge on any atom is 0.275 e. The van der Waals surface area contributed by atoms with E-state index in [1.54, 1.807) is 12.3 Å². The third-order valence-electron chi connectivity index (χ3n) is 4.04. The van der Waals surface area contributed by atoms with Crippen molar-refractivity contribution in [1.29, 1.82) is 0 Å². The maximum atomic E-state index is 12.4. The highest BCUT2D eigenvalue weighted by atomic mass is 35.5. The Labute approximate surface area is 158 Å². The zero-order chi connectivity index (χ0) is 18.7. The molecule has 0 atom stereocenters. The minimum Gasteiger partial charge on any atom is -0.321 e. The fourth-order valence-electron chi connectivity index (χ4n) is 2.50. The first-order valence-electron chi connectivity index (χ1n) is 8.33. The van der Waals surface area contributed by atoms with Crippen LogP contribution in [0, 0.1) is 0 Å². The van der Waals surface area contributed by atoms with E-state index in [9.17, 15) is 4.79 Å². The Morgan fingerprint density at radius 3 is 2.23 bits per heavy atom. The van der Waals surface area contributed by atoms with Gasteiger partial charge >= 0.3 is 0 Å². The highest BCUT2D eigenvalue weighted by Gasteiger charge is 2.14. The third kappa shape index (κ3) is 4.09. The lowest BCUT2D eigenvalue weighted by atomic mass is 9.87. The van der Waals surface area contributed by atoms with Crippen LogP contribution in [0.4, 0.5) is 5.69 Å². The predicted octanol–water partition coefficient (Wildman–Crippen LogP) is 5.35. The quantitative estimate of drug-likeness (QED) is 0.680. The summed E-state index contributed by atoms with van der Waals surface area (Å²) in [4.78, 5) is 20.9. The number of benzene rings is 2. The highest BCUT2D eigenvalue weighted by molar-refractivity contribution is 6.33. The van der Waals surface area contributed by atoms with Crippen LogP contribution in [-0.4, -0.2) is 15.9 Å². The summed E-state index contributed by atoms with van der Waals surface area (Å²) in [6.07, 6.45) is 3.01. The van der Waals surface area contributed by atoms with Crippen LogP contribution >= 0.6 is 11.6 Å². The molecule has 26 heavy (non-hydrogen) atoms. The lowest BCUT2D eigenvalue weighted by Crippen LogP contribution is -2.15. The van der Waals surface area contributed by atoms with Gasteiger partial charge in [0.05, 0.1) is 23.1 Å². The lowest BCUT2D eigenvalue weighted by Gasteiger charge is -2.19. The molecule has 0 unspecified atom stereocenters. The average molecular weight is 366 g/mol. The van der Waals surface area contributed by atoms with Crippen LogP contribution in [0.25, 0.3) is 11.3 Å². The molecule has 0 aliphatic heterocycles. The van der Waals surface area contributed by atoms with Crippen molar-refractivity contribution in [1.82, 2.24) is 9.97 Å². The van der Waals surface area contributed by atoms with Crippen LogP contribution in [0.1, 0.15) is 36.8 Å². The molecular weight excluding hydrogens is 346 g/mol. The molecule has 0 spiro atoms. The van der Waals surface area contributed by atoms with E-state index in [1.807, 2.05) is 42.5 Å². The van der Waals surface area contributed by atoms with Crippen molar-refractivity contribution in [3.05, 3.63) is 77.2 Å². The van der Waals surface area contributed by atoms with Crippen molar-refractivity contribution in [2.24, 2.45) is 0 Å². The van der Waals surface area contributed by atoms with Gasteiger partial charge in [0, 0.05) is 11.3 Å². The molecule has 0 bridgehead atoms. The summed E-state index contributed by atoms with van der Waals surface area (Å²) in [5.74, 6) is -0.299. The summed E-state index contributed by atoms with van der Waals surface area (Å²) in [6, 6.07) is 15.2. The molecule has 0 saturated heterocycles. The van der Waals surface area contributed by atoms with Crippen LogP contribution in [-0.2, 0) is 5.41 Å². The number of halogens is 1. The first-order chi connectivity index (χ1) is 12.3. The second kappa shape index (κ2) is 7.26. The summed E-state index contributed by atoms with van der Waals surface area (Å²) >= 11 is 6.17. The summed E-state index contributed by atoms with van der Waals surface area (Å²) in [7, 11) is 0. The second-order valence-corrected chi connectivity index (χ2v) is 7.46. The molecule has 132 valence electrons. The van der Waals surface area contributed by atoms with E-state index in [1.165, 1.54) is 11.8 Å². The van der Waals surface area contributed by atoms with Crippen molar-refractivity contribution in [2.75, 3.05) is 5.32 Å². The number of nitrogens with one attached hydrogen (secondary N) is 1. The molecule has 0 fully saturated rings. The number of aromatic nitrogens is 2. The fraction of sp³-hybridized carbons (Fsp3) is 0.190. The Kier molecular flexibility index (Phi) is 5.05. The number of carbonyl (C=O) groups is 1. The van der Waals surface area contributed by atoms with Crippen LogP contribution < -0.4 is 5.32 Å². The SMILES string of the molecule is CC(C)(C)c1ccc(NC(=O)c2cnc(-c3ccccc3Cl)cn2)cc1. The van der Waals surface area contributed by atoms with Crippen molar-refractivity contribution in [3.8, 4) is 11.3 Å². The van der Waals surface area contributed by atoms with Gasteiger partial charge in [0.2, 0.25) is 0 Å². The summed E-state index contributed by atoms with van der Waals surface area (Å²) in [5.41, 5.74) is 3.66. The molecule has 0 aliphatic rings. The number of amides is 1. The largest absolute Gasteiger partial charge is 0.321 e. The van der Waals surface area contributed by atoms with Gasteiger partial charge in [0.15, 0.2) is 0 Å². The van der Waals surface area contributed by atoms with E-state index in [4.69, 9.17) is 11.6 Å². The van der Waals surface area contributed by atoms with Crippen LogP contribution in [0.5, 0.6) is 0 Å². The minimum absolute atomic E-state index is 0.0720. The van der Waals surface area contributed by atoms with Crippen LogP contribution in [0.2, 0.25) is 5.02 Å². The Hall–Kier alpha value is -2.72. The number of carbonyl (C=O) groups excluding carboxylic acids is 1. The van der Waals surface area contributed by atoms with Gasteiger partial charge in [-0.25, -0.2) is 4.98 Å². The summed E-state index contributed by atoms with van der Waals surface area (Å²) in [6.45, 7) is 6.45. The Bertz CT molecular complexity index is 913. The molecule has 1 aromatic heterocycles. The molecule has 3 rings (SSSR count). The Balaban J connectivity index is 1.73. The molecule has 1 heterocycles. The van der Waals surface area contributed by atoms with Crippen molar-refractivity contribution in [2.45, 2.75) is 26.2 Å².